The van der Waals surface area contributed by atoms with Crippen LogP contribution in [0, 0.1) is 5.92 Å². The van der Waals surface area contributed by atoms with E-state index in [1.54, 1.807) is 12.4 Å². The molecule has 1 heterocycles. The lowest BCUT2D eigenvalue weighted by Gasteiger charge is -2.24. The molecule has 1 fully saturated rings. The van der Waals surface area contributed by atoms with Crippen LogP contribution in [0.25, 0.3) is 0 Å². The van der Waals surface area contributed by atoms with Crippen LogP contribution < -0.4 is 5.73 Å². The third-order valence-electron chi connectivity index (χ3n) is 3.55. The summed E-state index contributed by atoms with van der Waals surface area (Å²) < 4.78 is 5.96. The number of pyridine rings is 1. The Morgan fingerprint density at radius 1 is 1.24 bits per heavy atom. The van der Waals surface area contributed by atoms with Gasteiger partial charge in [-0.15, -0.1) is 0 Å². The summed E-state index contributed by atoms with van der Waals surface area (Å²) in [5.74, 6) is 0.736. The van der Waals surface area contributed by atoms with Crippen molar-refractivity contribution in [3.63, 3.8) is 0 Å². The first-order chi connectivity index (χ1) is 8.40. The summed E-state index contributed by atoms with van der Waals surface area (Å²) in [4.78, 5) is 4.02. The second-order valence-electron chi connectivity index (χ2n) is 4.84. The van der Waals surface area contributed by atoms with E-state index in [1.165, 1.54) is 32.1 Å². The molecule has 3 nitrogen and oxygen atoms in total. The Balaban J connectivity index is 1.83. The van der Waals surface area contributed by atoms with Crippen LogP contribution in [0.15, 0.2) is 24.5 Å². The van der Waals surface area contributed by atoms with E-state index in [-0.39, 0.29) is 6.10 Å². The molecule has 1 aromatic heterocycles. The molecule has 94 valence electrons. The molecule has 0 aromatic carbocycles. The van der Waals surface area contributed by atoms with Crippen LogP contribution in [-0.2, 0) is 4.74 Å². The predicted octanol–water partition coefficient (Wildman–Crippen LogP) is 2.68. The molecule has 1 aromatic rings. The fourth-order valence-electron chi connectivity index (χ4n) is 2.48. The first-order valence-corrected chi connectivity index (χ1v) is 6.61. The van der Waals surface area contributed by atoms with Crippen molar-refractivity contribution in [2.75, 3.05) is 13.2 Å². The number of aromatic nitrogens is 1. The van der Waals surface area contributed by atoms with Crippen molar-refractivity contribution in [3.8, 4) is 0 Å². The van der Waals surface area contributed by atoms with Crippen LogP contribution in [-0.4, -0.2) is 18.1 Å². The first-order valence-electron chi connectivity index (χ1n) is 6.61. The van der Waals surface area contributed by atoms with E-state index in [2.05, 4.69) is 4.98 Å². The van der Waals surface area contributed by atoms with Gasteiger partial charge in [-0.2, -0.15) is 0 Å². The van der Waals surface area contributed by atoms with Gasteiger partial charge < -0.3 is 10.5 Å². The van der Waals surface area contributed by atoms with Crippen molar-refractivity contribution in [2.45, 2.75) is 38.2 Å². The highest BCUT2D eigenvalue weighted by Crippen LogP contribution is 2.25. The molecule has 2 rings (SSSR count). The van der Waals surface area contributed by atoms with Crippen molar-refractivity contribution in [1.29, 1.82) is 0 Å². The molecule has 1 atom stereocenters. The highest BCUT2D eigenvalue weighted by Gasteiger charge is 2.16. The molecule has 0 spiro atoms. The molecule has 3 heteroatoms. The number of hydrogen-bond donors (Lipinski definition) is 1. The lowest BCUT2D eigenvalue weighted by atomic mass is 9.90. The molecule has 0 aliphatic heterocycles. The SMILES string of the molecule is NCC(OCC1CCCCC1)c1ccncc1. The lowest BCUT2D eigenvalue weighted by Crippen LogP contribution is -2.21. The molecule has 2 N–H and O–H groups in total. The van der Waals surface area contributed by atoms with Gasteiger partial charge >= 0.3 is 0 Å². The minimum atomic E-state index is 0.0277. The summed E-state index contributed by atoms with van der Waals surface area (Å²) in [6, 6.07) is 3.97. The molecular weight excluding hydrogens is 212 g/mol. The first kappa shape index (κ1) is 12.5. The molecular formula is C14H22N2O. The molecule has 1 unspecified atom stereocenters. The zero-order valence-electron chi connectivity index (χ0n) is 10.3. The van der Waals surface area contributed by atoms with Crippen LogP contribution in [0.1, 0.15) is 43.8 Å². The van der Waals surface area contributed by atoms with Crippen molar-refractivity contribution in [1.82, 2.24) is 4.98 Å². The minimum absolute atomic E-state index is 0.0277. The van der Waals surface area contributed by atoms with Crippen LogP contribution in [0.5, 0.6) is 0 Å². The standard InChI is InChI=1S/C14H22N2O/c15-10-14(13-6-8-16-9-7-13)17-11-12-4-2-1-3-5-12/h6-9,12,14H,1-5,10-11,15H2. The summed E-state index contributed by atoms with van der Waals surface area (Å²) in [5.41, 5.74) is 6.91. The van der Waals surface area contributed by atoms with Gasteiger partial charge in [0, 0.05) is 18.9 Å². The van der Waals surface area contributed by atoms with Crippen LogP contribution in [0.4, 0.5) is 0 Å². The molecule has 0 saturated heterocycles. The van der Waals surface area contributed by atoms with Gasteiger partial charge in [0.25, 0.3) is 0 Å². The van der Waals surface area contributed by atoms with Crippen molar-refractivity contribution in [2.24, 2.45) is 11.7 Å². The average Bonchev–Trinajstić information content (AvgIpc) is 2.42. The number of nitrogens with two attached hydrogens (primary N) is 1. The quantitative estimate of drug-likeness (QED) is 0.852. The summed E-state index contributed by atoms with van der Waals surface area (Å²) in [6.45, 7) is 1.39. The normalized spacial score (nSPS) is 19.1. The average molecular weight is 234 g/mol. The predicted molar refractivity (Wildman–Crippen MR) is 68.6 cm³/mol. The van der Waals surface area contributed by atoms with Crippen molar-refractivity contribution < 1.29 is 4.74 Å². The molecule has 0 radical (unpaired) electrons. The molecule has 1 aliphatic carbocycles. The molecule has 0 bridgehead atoms. The third-order valence-corrected chi connectivity index (χ3v) is 3.55. The Labute approximate surface area is 103 Å². The van der Waals surface area contributed by atoms with Gasteiger partial charge in [0.05, 0.1) is 12.7 Å². The monoisotopic (exact) mass is 234 g/mol. The van der Waals surface area contributed by atoms with Gasteiger partial charge in [-0.25, -0.2) is 0 Å². The zero-order valence-corrected chi connectivity index (χ0v) is 10.3. The van der Waals surface area contributed by atoms with Crippen molar-refractivity contribution >= 4 is 0 Å². The zero-order chi connectivity index (χ0) is 11.9. The van der Waals surface area contributed by atoms with E-state index >= 15 is 0 Å². The van der Waals surface area contributed by atoms with Gasteiger partial charge in [-0.05, 0) is 36.5 Å². The van der Waals surface area contributed by atoms with E-state index in [0.717, 1.165) is 18.1 Å². The Morgan fingerprint density at radius 3 is 2.59 bits per heavy atom. The van der Waals surface area contributed by atoms with Gasteiger partial charge in [0.2, 0.25) is 0 Å². The van der Waals surface area contributed by atoms with E-state index in [0.29, 0.717) is 6.54 Å². The maximum atomic E-state index is 5.96. The second-order valence-corrected chi connectivity index (χ2v) is 4.84. The number of ether oxygens (including phenoxy) is 1. The Hall–Kier alpha value is -0.930. The molecule has 1 aliphatic rings. The van der Waals surface area contributed by atoms with Crippen LogP contribution >= 0.6 is 0 Å². The third kappa shape index (κ3) is 3.79. The number of nitrogens with zero attached hydrogens (tertiary/aromatic N) is 1. The van der Waals surface area contributed by atoms with Crippen LogP contribution in [0.2, 0.25) is 0 Å². The lowest BCUT2D eigenvalue weighted by molar-refractivity contribution is 0.0246. The smallest absolute Gasteiger partial charge is 0.0948 e. The summed E-state index contributed by atoms with van der Waals surface area (Å²) in [7, 11) is 0. The second kappa shape index (κ2) is 6.72. The highest BCUT2D eigenvalue weighted by molar-refractivity contribution is 5.13. The Kier molecular flexibility index (Phi) is 4.95. The summed E-state index contributed by atoms with van der Waals surface area (Å²) >= 11 is 0. The summed E-state index contributed by atoms with van der Waals surface area (Å²) in [5, 5.41) is 0. The largest absolute Gasteiger partial charge is 0.372 e. The summed E-state index contributed by atoms with van der Waals surface area (Å²) in [6.07, 6.45) is 10.3. The van der Waals surface area contributed by atoms with Crippen molar-refractivity contribution in [3.05, 3.63) is 30.1 Å². The molecule has 17 heavy (non-hydrogen) atoms. The molecule has 1 saturated carbocycles. The number of hydrogen-bond acceptors (Lipinski definition) is 3. The fraction of sp³-hybridized carbons (Fsp3) is 0.643. The van der Waals surface area contributed by atoms with E-state index in [9.17, 15) is 0 Å². The van der Waals surface area contributed by atoms with E-state index in [4.69, 9.17) is 10.5 Å². The highest BCUT2D eigenvalue weighted by atomic mass is 16.5. The van der Waals surface area contributed by atoms with E-state index < -0.39 is 0 Å². The van der Waals surface area contributed by atoms with Gasteiger partial charge in [0.15, 0.2) is 0 Å². The Bertz CT molecular complexity index is 309. The minimum Gasteiger partial charge on any atom is -0.372 e. The maximum absolute atomic E-state index is 5.96. The fourth-order valence-corrected chi connectivity index (χ4v) is 2.48. The van der Waals surface area contributed by atoms with Gasteiger partial charge in [-0.3, -0.25) is 4.98 Å². The number of rotatable bonds is 5. The van der Waals surface area contributed by atoms with Crippen LogP contribution in [0.3, 0.4) is 0 Å². The Morgan fingerprint density at radius 2 is 1.94 bits per heavy atom. The topological polar surface area (TPSA) is 48.1 Å². The maximum Gasteiger partial charge on any atom is 0.0948 e. The van der Waals surface area contributed by atoms with E-state index in [1.807, 2.05) is 12.1 Å². The van der Waals surface area contributed by atoms with Gasteiger partial charge in [0.1, 0.15) is 0 Å². The van der Waals surface area contributed by atoms with Gasteiger partial charge in [-0.1, -0.05) is 19.3 Å². The molecule has 0 amide bonds.